The molecular weight excluding hydrogens is 182 g/mol. The van der Waals surface area contributed by atoms with E-state index in [4.69, 9.17) is 5.73 Å². The molecule has 2 heteroatoms. The SMILES string of the molecule is CC(C)c1ccc(CCN)cc1.Cl. The topological polar surface area (TPSA) is 26.0 Å². The number of hydrogen-bond donors (Lipinski definition) is 1. The maximum atomic E-state index is 5.46. The Hall–Kier alpha value is -0.530. The molecule has 2 N–H and O–H groups in total. The highest BCUT2D eigenvalue weighted by molar-refractivity contribution is 5.85. The normalized spacial score (nSPS) is 9.85. The number of benzene rings is 1. The fraction of sp³-hybridized carbons (Fsp3) is 0.455. The number of hydrogen-bond acceptors (Lipinski definition) is 1. The third kappa shape index (κ3) is 3.79. The first-order valence-corrected chi connectivity index (χ1v) is 4.53. The van der Waals surface area contributed by atoms with E-state index < -0.39 is 0 Å². The van der Waals surface area contributed by atoms with E-state index in [0.29, 0.717) is 5.92 Å². The molecule has 1 rings (SSSR count). The summed E-state index contributed by atoms with van der Waals surface area (Å²) in [4.78, 5) is 0. The van der Waals surface area contributed by atoms with E-state index in [-0.39, 0.29) is 12.4 Å². The number of nitrogens with two attached hydrogens (primary N) is 1. The fourth-order valence-corrected chi connectivity index (χ4v) is 1.24. The van der Waals surface area contributed by atoms with Crippen LogP contribution in [0.1, 0.15) is 30.9 Å². The van der Waals surface area contributed by atoms with Crippen LogP contribution in [0.15, 0.2) is 24.3 Å². The second kappa shape index (κ2) is 6.01. The van der Waals surface area contributed by atoms with Crippen LogP contribution in [0.5, 0.6) is 0 Å². The van der Waals surface area contributed by atoms with Gasteiger partial charge in [0.15, 0.2) is 0 Å². The molecule has 0 bridgehead atoms. The van der Waals surface area contributed by atoms with E-state index >= 15 is 0 Å². The summed E-state index contributed by atoms with van der Waals surface area (Å²) in [6, 6.07) is 8.72. The second-order valence-corrected chi connectivity index (χ2v) is 3.43. The summed E-state index contributed by atoms with van der Waals surface area (Å²) >= 11 is 0. The van der Waals surface area contributed by atoms with Crippen LogP contribution in [0.2, 0.25) is 0 Å². The summed E-state index contributed by atoms with van der Waals surface area (Å²) in [5.41, 5.74) is 8.19. The Morgan fingerprint density at radius 1 is 1.15 bits per heavy atom. The van der Waals surface area contributed by atoms with Gasteiger partial charge in [0.05, 0.1) is 0 Å². The van der Waals surface area contributed by atoms with E-state index in [0.717, 1.165) is 13.0 Å². The number of rotatable bonds is 3. The Kier molecular flexibility index (Phi) is 5.76. The molecule has 1 aromatic carbocycles. The van der Waals surface area contributed by atoms with Crippen molar-refractivity contribution >= 4 is 12.4 Å². The Balaban J connectivity index is 0.00000144. The molecule has 0 aliphatic rings. The molecule has 1 aromatic rings. The second-order valence-electron chi connectivity index (χ2n) is 3.43. The van der Waals surface area contributed by atoms with Crippen molar-refractivity contribution in [2.45, 2.75) is 26.2 Å². The van der Waals surface area contributed by atoms with Crippen LogP contribution in [0.25, 0.3) is 0 Å². The summed E-state index contributed by atoms with van der Waals surface area (Å²) in [6.07, 6.45) is 0.984. The monoisotopic (exact) mass is 199 g/mol. The average molecular weight is 200 g/mol. The van der Waals surface area contributed by atoms with Crippen LogP contribution in [-0.2, 0) is 6.42 Å². The minimum atomic E-state index is 0. The molecule has 0 heterocycles. The molecule has 0 atom stereocenters. The highest BCUT2D eigenvalue weighted by Crippen LogP contribution is 2.14. The summed E-state index contributed by atoms with van der Waals surface area (Å²) in [5.74, 6) is 0.622. The lowest BCUT2D eigenvalue weighted by molar-refractivity contribution is 0.863. The quantitative estimate of drug-likeness (QED) is 0.796. The predicted molar refractivity (Wildman–Crippen MR) is 60.5 cm³/mol. The largest absolute Gasteiger partial charge is 0.330 e. The van der Waals surface area contributed by atoms with Gasteiger partial charge < -0.3 is 5.73 Å². The third-order valence-electron chi connectivity index (χ3n) is 2.08. The molecule has 0 unspecified atom stereocenters. The van der Waals surface area contributed by atoms with Gasteiger partial charge in [-0.2, -0.15) is 0 Å². The van der Waals surface area contributed by atoms with Gasteiger partial charge in [0, 0.05) is 0 Å². The van der Waals surface area contributed by atoms with Gasteiger partial charge in [-0.25, -0.2) is 0 Å². The first-order chi connectivity index (χ1) is 5.74. The standard InChI is InChI=1S/C11H17N.ClH/c1-9(2)11-5-3-10(4-6-11)7-8-12;/h3-6,9H,7-8,12H2,1-2H3;1H. The zero-order chi connectivity index (χ0) is 8.97. The zero-order valence-corrected chi connectivity index (χ0v) is 9.10. The van der Waals surface area contributed by atoms with Crippen molar-refractivity contribution in [3.63, 3.8) is 0 Å². The first kappa shape index (κ1) is 12.5. The molecule has 0 fully saturated rings. The van der Waals surface area contributed by atoms with Gasteiger partial charge in [0.1, 0.15) is 0 Å². The van der Waals surface area contributed by atoms with E-state index in [1.165, 1.54) is 11.1 Å². The van der Waals surface area contributed by atoms with Crippen molar-refractivity contribution in [1.29, 1.82) is 0 Å². The molecule has 0 aromatic heterocycles. The van der Waals surface area contributed by atoms with Gasteiger partial charge in [0.2, 0.25) is 0 Å². The molecule has 74 valence electrons. The third-order valence-corrected chi connectivity index (χ3v) is 2.08. The first-order valence-electron chi connectivity index (χ1n) is 4.53. The summed E-state index contributed by atoms with van der Waals surface area (Å²) < 4.78 is 0. The Morgan fingerprint density at radius 2 is 1.69 bits per heavy atom. The van der Waals surface area contributed by atoms with Gasteiger partial charge in [-0.05, 0) is 30.0 Å². The minimum absolute atomic E-state index is 0. The zero-order valence-electron chi connectivity index (χ0n) is 8.29. The van der Waals surface area contributed by atoms with Gasteiger partial charge in [0.25, 0.3) is 0 Å². The highest BCUT2D eigenvalue weighted by atomic mass is 35.5. The van der Waals surface area contributed by atoms with Gasteiger partial charge in [-0.1, -0.05) is 38.1 Å². The van der Waals surface area contributed by atoms with Crippen LogP contribution in [0.3, 0.4) is 0 Å². The van der Waals surface area contributed by atoms with Crippen molar-refractivity contribution in [3.05, 3.63) is 35.4 Å². The predicted octanol–water partition coefficient (Wildman–Crippen LogP) is 2.73. The van der Waals surface area contributed by atoms with E-state index in [1.54, 1.807) is 0 Å². The van der Waals surface area contributed by atoms with E-state index in [1.807, 2.05) is 0 Å². The molecule has 0 aliphatic carbocycles. The minimum Gasteiger partial charge on any atom is -0.330 e. The van der Waals surface area contributed by atoms with Crippen molar-refractivity contribution in [2.75, 3.05) is 6.54 Å². The molecule has 0 aliphatic heterocycles. The molecule has 0 amide bonds. The Bertz CT molecular complexity index is 228. The summed E-state index contributed by atoms with van der Waals surface area (Å²) in [6.45, 7) is 5.15. The van der Waals surface area contributed by atoms with Crippen LogP contribution >= 0.6 is 12.4 Å². The molecule has 1 nitrogen and oxygen atoms in total. The number of halogens is 1. The maximum absolute atomic E-state index is 5.46. The van der Waals surface area contributed by atoms with Crippen LogP contribution in [0.4, 0.5) is 0 Å². The van der Waals surface area contributed by atoms with Gasteiger partial charge in [-0.3, -0.25) is 0 Å². The highest BCUT2D eigenvalue weighted by Gasteiger charge is 1.97. The maximum Gasteiger partial charge on any atom is -0.00367 e. The molecule has 0 spiro atoms. The van der Waals surface area contributed by atoms with E-state index in [9.17, 15) is 0 Å². The van der Waals surface area contributed by atoms with Crippen LogP contribution < -0.4 is 5.73 Å². The van der Waals surface area contributed by atoms with Crippen molar-refractivity contribution in [1.82, 2.24) is 0 Å². The van der Waals surface area contributed by atoms with Crippen molar-refractivity contribution in [2.24, 2.45) is 5.73 Å². The lowest BCUT2D eigenvalue weighted by Gasteiger charge is -2.05. The Labute approximate surface area is 86.7 Å². The fourth-order valence-electron chi connectivity index (χ4n) is 1.24. The van der Waals surface area contributed by atoms with Gasteiger partial charge in [-0.15, -0.1) is 12.4 Å². The average Bonchev–Trinajstić information content (AvgIpc) is 2.06. The summed E-state index contributed by atoms with van der Waals surface area (Å²) in [7, 11) is 0. The lowest BCUT2D eigenvalue weighted by Crippen LogP contribution is -2.02. The summed E-state index contributed by atoms with van der Waals surface area (Å²) in [5, 5.41) is 0. The van der Waals surface area contributed by atoms with Crippen LogP contribution in [-0.4, -0.2) is 6.54 Å². The molecule has 0 radical (unpaired) electrons. The Morgan fingerprint density at radius 3 is 2.08 bits per heavy atom. The molecule has 0 saturated carbocycles. The molecular formula is C11H18ClN. The molecule has 13 heavy (non-hydrogen) atoms. The molecule has 0 saturated heterocycles. The van der Waals surface area contributed by atoms with Gasteiger partial charge >= 0.3 is 0 Å². The van der Waals surface area contributed by atoms with Crippen molar-refractivity contribution in [3.8, 4) is 0 Å². The lowest BCUT2D eigenvalue weighted by atomic mass is 10.0. The van der Waals surface area contributed by atoms with E-state index in [2.05, 4.69) is 38.1 Å². The smallest absolute Gasteiger partial charge is 0.00367 e. The van der Waals surface area contributed by atoms with Crippen LogP contribution in [0, 0.1) is 0 Å². The van der Waals surface area contributed by atoms with Crippen molar-refractivity contribution < 1.29 is 0 Å².